The fourth-order valence-corrected chi connectivity index (χ4v) is 3.28. The summed E-state index contributed by atoms with van der Waals surface area (Å²) in [6, 6.07) is 0. The van der Waals surface area contributed by atoms with Crippen LogP contribution in [0.5, 0.6) is 0 Å². The Kier molecular flexibility index (Phi) is 10.2. The number of hydrogen-bond acceptors (Lipinski definition) is 11. The maximum atomic E-state index is 12.2. The number of carbonyl (C=O) groups excluding carboxylic acids is 1. The van der Waals surface area contributed by atoms with Gasteiger partial charge in [0.1, 0.15) is 42.7 Å². The van der Waals surface area contributed by atoms with Crippen molar-refractivity contribution in [2.75, 3.05) is 13.2 Å². The summed E-state index contributed by atoms with van der Waals surface area (Å²) in [4.78, 5) is 12.2. The van der Waals surface area contributed by atoms with Crippen LogP contribution < -0.4 is 0 Å². The number of esters is 1. The van der Waals surface area contributed by atoms with Crippen LogP contribution in [-0.4, -0.2) is 105 Å². The third kappa shape index (κ3) is 7.30. The molecule has 0 aliphatic carbocycles. The van der Waals surface area contributed by atoms with E-state index in [9.17, 15) is 35.4 Å². The molecule has 184 valence electrons. The Morgan fingerprint density at radius 1 is 0.938 bits per heavy atom. The van der Waals surface area contributed by atoms with Gasteiger partial charge in [-0.1, -0.05) is 17.2 Å². The van der Waals surface area contributed by atoms with Gasteiger partial charge in [0.15, 0.2) is 6.29 Å². The van der Waals surface area contributed by atoms with Crippen molar-refractivity contribution in [2.24, 2.45) is 0 Å². The van der Waals surface area contributed by atoms with Crippen molar-refractivity contribution in [2.45, 2.75) is 88.9 Å². The molecule has 6 N–H and O–H groups in total. The molecule has 0 amide bonds. The van der Waals surface area contributed by atoms with Gasteiger partial charge in [-0.25, -0.2) is 4.79 Å². The summed E-state index contributed by atoms with van der Waals surface area (Å²) < 4.78 is 20.9. The Morgan fingerprint density at radius 2 is 1.59 bits per heavy atom. The summed E-state index contributed by atoms with van der Waals surface area (Å²) in [7, 11) is 0. The average molecular weight is 462 g/mol. The summed E-state index contributed by atoms with van der Waals surface area (Å²) in [6.45, 7) is 5.00. The van der Waals surface area contributed by atoms with Crippen molar-refractivity contribution in [3.63, 3.8) is 0 Å². The summed E-state index contributed by atoms with van der Waals surface area (Å²) in [6.07, 6.45) is -8.74. The van der Waals surface area contributed by atoms with Crippen molar-refractivity contribution in [3.05, 3.63) is 23.3 Å². The second-order valence-electron chi connectivity index (χ2n) is 8.35. The molecule has 2 aliphatic rings. The first kappa shape index (κ1) is 26.8. The minimum absolute atomic E-state index is 0.280. The lowest BCUT2D eigenvalue weighted by Crippen LogP contribution is -2.60. The fourth-order valence-electron chi connectivity index (χ4n) is 3.28. The van der Waals surface area contributed by atoms with E-state index in [0.717, 1.165) is 17.6 Å². The van der Waals surface area contributed by atoms with E-state index >= 15 is 0 Å². The van der Waals surface area contributed by atoms with Crippen LogP contribution in [0.25, 0.3) is 0 Å². The summed E-state index contributed by atoms with van der Waals surface area (Å²) >= 11 is 0. The third-order valence-corrected chi connectivity index (χ3v) is 5.24. The van der Waals surface area contributed by atoms with Gasteiger partial charge < -0.3 is 49.6 Å². The van der Waals surface area contributed by atoms with Crippen LogP contribution in [0.2, 0.25) is 0 Å². The highest BCUT2D eigenvalue weighted by molar-refractivity contribution is 5.82. The van der Waals surface area contributed by atoms with Crippen molar-refractivity contribution < 1.29 is 54.4 Å². The van der Waals surface area contributed by atoms with Crippen molar-refractivity contribution in [1.82, 2.24) is 0 Å². The number of aliphatic hydroxyl groups is 6. The zero-order valence-electron chi connectivity index (χ0n) is 18.4. The monoisotopic (exact) mass is 462 g/mol. The molecule has 11 nitrogen and oxygen atoms in total. The predicted molar refractivity (Wildman–Crippen MR) is 109 cm³/mol. The zero-order chi connectivity index (χ0) is 24.0. The van der Waals surface area contributed by atoms with E-state index in [4.69, 9.17) is 18.9 Å². The molecule has 0 spiro atoms. The van der Waals surface area contributed by atoms with Gasteiger partial charge in [0.25, 0.3) is 0 Å². The van der Waals surface area contributed by atoms with Crippen molar-refractivity contribution in [3.8, 4) is 0 Å². The summed E-state index contributed by atoms with van der Waals surface area (Å²) in [5.41, 5.74) is 1.92. The van der Waals surface area contributed by atoms with E-state index < -0.39 is 67.9 Å². The van der Waals surface area contributed by atoms with Gasteiger partial charge in [0.05, 0.1) is 13.2 Å². The lowest BCUT2D eigenvalue weighted by Gasteiger charge is -2.41. The smallest absolute Gasteiger partial charge is 0.333 e. The first-order chi connectivity index (χ1) is 15.0. The van der Waals surface area contributed by atoms with Gasteiger partial charge in [-0.15, -0.1) is 0 Å². The first-order valence-corrected chi connectivity index (χ1v) is 10.5. The predicted octanol–water partition coefficient (Wildman–Crippen LogP) is -1.51. The second kappa shape index (κ2) is 12.2. The number of hydrogen-bond donors (Lipinski definition) is 6. The Labute approximate surface area is 186 Å². The topological polar surface area (TPSA) is 175 Å². The molecule has 2 rings (SSSR count). The molecule has 0 aromatic carbocycles. The number of rotatable bonds is 8. The molecule has 9 atom stereocenters. The number of ether oxygens (including phenoxy) is 4. The minimum atomic E-state index is -1.70. The van der Waals surface area contributed by atoms with E-state index in [-0.39, 0.29) is 6.61 Å². The largest absolute Gasteiger partial charge is 0.430 e. The quantitative estimate of drug-likeness (QED) is 0.140. The molecule has 0 radical (unpaired) electrons. The summed E-state index contributed by atoms with van der Waals surface area (Å²) in [5, 5.41) is 59.5. The maximum absolute atomic E-state index is 12.2. The highest BCUT2D eigenvalue weighted by Gasteiger charge is 2.46. The maximum Gasteiger partial charge on any atom is 0.333 e. The molecule has 0 bridgehead atoms. The van der Waals surface area contributed by atoms with Gasteiger partial charge in [0, 0.05) is 6.08 Å². The molecule has 2 saturated heterocycles. The molecular weight excluding hydrogens is 428 g/mol. The minimum Gasteiger partial charge on any atom is -0.430 e. The number of aliphatic hydroxyl groups excluding tert-OH is 6. The molecule has 0 aromatic rings. The Morgan fingerprint density at radius 3 is 2.25 bits per heavy atom. The van der Waals surface area contributed by atoms with Gasteiger partial charge in [-0.3, -0.25) is 0 Å². The number of carbonyl (C=O) groups is 1. The van der Waals surface area contributed by atoms with Crippen LogP contribution in [0.1, 0.15) is 33.6 Å². The zero-order valence-corrected chi connectivity index (χ0v) is 18.4. The SMILES string of the molecule is CC(C)=CCC/C(C)=C/C(=O)O[C@@H]1O[C@H](CO[C@@H]2OC[C@@H](O)[C@H](O)[C@H]2O)[C@@H](O)[C@H](O)[C@H]1O. The van der Waals surface area contributed by atoms with Crippen LogP contribution in [0, 0.1) is 0 Å². The van der Waals surface area contributed by atoms with Crippen LogP contribution >= 0.6 is 0 Å². The Hall–Kier alpha value is -1.41. The highest BCUT2D eigenvalue weighted by atomic mass is 16.7. The van der Waals surface area contributed by atoms with E-state index in [1.54, 1.807) is 6.92 Å². The van der Waals surface area contributed by atoms with E-state index in [2.05, 4.69) is 0 Å². The van der Waals surface area contributed by atoms with Crippen LogP contribution in [0.4, 0.5) is 0 Å². The normalized spacial score (nSPS) is 38.3. The van der Waals surface area contributed by atoms with Crippen LogP contribution in [-0.2, 0) is 23.7 Å². The van der Waals surface area contributed by atoms with Gasteiger partial charge in [-0.05, 0) is 33.6 Å². The van der Waals surface area contributed by atoms with Gasteiger partial charge >= 0.3 is 5.97 Å². The van der Waals surface area contributed by atoms with Crippen LogP contribution in [0.3, 0.4) is 0 Å². The molecule has 0 unspecified atom stereocenters. The molecule has 0 aromatic heterocycles. The Balaban J connectivity index is 1.93. The molecule has 2 heterocycles. The van der Waals surface area contributed by atoms with Crippen LogP contribution in [0.15, 0.2) is 23.3 Å². The molecule has 32 heavy (non-hydrogen) atoms. The highest BCUT2D eigenvalue weighted by Crippen LogP contribution is 2.24. The Bertz CT molecular complexity index is 675. The molecule has 11 heteroatoms. The molecule has 2 aliphatic heterocycles. The molecular formula is C21H34O11. The third-order valence-electron chi connectivity index (χ3n) is 5.24. The van der Waals surface area contributed by atoms with E-state index in [0.29, 0.717) is 6.42 Å². The standard InChI is InChI=1S/C21H34O11/c1-10(2)5-4-6-11(3)7-14(23)32-21-19(28)17(26)16(25)13(31-21)9-30-20-18(27)15(24)12(22)8-29-20/h5,7,12-13,15-22,24-28H,4,6,8-9H2,1-3H3/b11-7+/t12-,13-,15+,16-,17+,18-,19-,20+,21+/m1/s1. The second-order valence-corrected chi connectivity index (χ2v) is 8.35. The van der Waals surface area contributed by atoms with Crippen molar-refractivity contribution in [1.29, 1.82) is 0 Å². The fraction of sp³-hybridized carbons (Fsp3) is 0.762. The number of allylic oxidation sites excluding steroid dienone is 3. The lowest BCUT2D eigenvalue weighted by molar-refractivity contribution is -0.314. The summed E-state index contributed by atoms with van der Waals surface area (Å²) in [5.74, 6) is -0.782. The molecule has 2 fully saturated rings. The molecule has 0 saturated carbocycles. The van der Waals surface area contributed by atoms with E-state index in [1.165, 1.54) is 6.08 Å². The van der Waals surface area contributed by atoms with Crippen molar-refractivity contribution >= 4 is 5.97 Å². The van der Waals surface area contributed by atoms with E-state index in [1.807, 2.05) is 19.9 Å². The van der Waals surface area contributed by atoms with Gasteiger partial charge in [-0.2, -0.15) is 0 Å². The average Bonchev–Trinajstić information content (AvgIpc) is 2.72. The van der Waals surface area contributed by atoms with Gasteiger partial charge in [0.2, 0.25) is 6.29 Å². The first-order valence-electron chi connectivity index (χ1n) is 10.5. The lowest BCUT2D eigenvalue weighted by atomic mass is 9.99.